The van der Waals surface area contributed by atoms with Crippen LogP contribution in [-0.4, -0.2) is 17.8 Å². The number of pyridine rings is 2. The molecular formula is C21H19N4O3S+. The summed E-state index contributed by atoms with van der Waals surface area (Å²) in [6.07, 6.45) is 3.17. The maximum absolute atomic E-state index is 13.3. The van der Waals surface area contributed by atoms with Gasteiger partial charge >= 0.3 is 0 Å². The second-order valence-electron chi connectivity index (χ2n) is 6.69. The molecule has 146 valence electrons. The molecule has 29 heavy (non-hydrogen) atoms. The van der Waals surface area contributed by atoms with Crippen molar-refractivity contribution >= 4 is 32.3 Å². The summed E-state index contributed by atoms with van der Waals surface area (Å²) in [5, 5.41) is 0.162. The van der Waals surface area contributed by atoms with E-state index in [0.29, 0.717) is 11.3 Å². The lowest BCUT2D eigenvalue weighted by Gasteiger charge is -2.12. The molecule has 7 nitrogen and oxygen atoms in total. The molecule has 4 aromatic rings. The van der Waals surface area contributed by atoms with Crippen LogP contribution >= 0.6 is 0 Å². The van der Waals surface area contributed by atoms with Crippen molar-refractivity contribution in [3.05, 3.63) is 83.3 Å². The number of hydrogen-bond acceptors (Lipinski definition) is 5. The number of fused-ring (bicyclic) bond motifs is 2. The van der Waals surface area contributed by atoms with Crippen LogP contribution in [0, 0.1) is 6.92 Å². The van der Waals surface area contributed by atoms with Crippen LogP contribution in [0.3, 0.4) is 0 Å². The average Bonchev–Trinajstić information content (AvgIpc) is 2.70. The Labute approximate surface area is 167 Å². The molecule has 0 bridgehead atoms. The molecule has 0 radical (unpaired) electrons. The van der Waals surface area contributed by atoms with E-state index in [4.69, 9.17) is 5.73 Å². The van der Waals surface area contributed by atoms with E-state index in [-0.39, 0.29) is 33.1 Å². The number of aryl methyl sites for hydroxylation is 1. The lowest BCUT2D eigenvalue weighted by atomic mass is 10.2. The minimum atomic E-state index is -3.94. The standard InChI is InChI=1S/C21H18N4O3S/c1-3-11-25-19(22)17(29(27,28)15-9-7-14(2)8-10-15)13-16-20(25)23-18-6-4-5-12-24(18)21(16)26/h3-10,12-13,22H,1,11H2,2H3/p+1. The van der Waals surface area contributed by atoms with Gasteiger partial charge in [-0.05, 0) is 37.3 Å². The first-order valence-electron chi connectivity index (χ1n) is 8.90. The van der Waals surface area contributed by atoms with Gasteiger partial charge in [0.1, 0.15) is 10.3 Å². The summed E-state index contributed by atoms with van der Waals surface area (Å²) in [6.45, 7) is 5.79. The summed E-state index contributed by atoms with van der Waals surface area (Å²) in [5.74, 6) is 0.00477. The van der Waals surface area contributed by atoms with Gasteiger partial charge in [-0.2, -0.15) is 0 Å². The largest absolute Gasteiger partial charge is 0.317 e. The van der Waals surface area contributed by atoms with Gasteiger partial charge in [0.2, 0.25) is 21.3 Å². The van der Waals surface area contributed by atoms with Crippen LogP contribution in [0.2, 0.25) is 0 Å². The van der Waals surface area contributed by atoms with Crippen molar-refractivity contribution in [2.45, 2.75) is 23.3 Å². The van der Waals surface area contributed by atoms with Crippen molar-refractivity contribution in [2.75, 3.05) is 5.73 Å². The van der Waals surface area contributed by atoms with Crippen molar-refractivity contribution in [3.8, 4) is 0 Å². The lowest BCUT2D eigenvalue weighted by Crippen LogP contribution is -2.41. The highest BCUT2D eigenvalue weighted by Crippen LogP contribution is 2.26. The Hall–Kier alpha value is -3.52. The Balaban J connectivity index is 2.13. The highest BCUT2D eigenvalue weighted by atomic mass is 32.2. The zero-order valence-corrected chi connectivity index (χ0v) is 16.6. The summed E-state index contributed by atoms with van der Waals surface area (Å²) in [5.41, 5.74) is 7.58. The zero-order valence-electron chi connectivity index (χ0n) is 15.7. The Bertz CT molecular complexity index is 1440. The van der Waals surface area contributed by atoms with Gasteiger partial charge in [0, 0.05) is 6.20 Å². The first-order valence-corrected chi connectivity index (χ1v) is 10.4. The Morgan fingerprint density at radius 1 is 1.21 bits per heavy atom. The van der Waals surface area contributed by atoms with E-state index in [1.807, 2.05) is 6.92 Å². The molecule has 0 amide bonds. The zero-order chi connectivity index (χ0) is 20.8. The average molecular weight is 407 g/mol. The molecule has 1 aromatic carbocycles. The number of allylic oxidation sites excluding steroid dienone is 1. The number of anilines is 1. The first-order chi connectivity index (χ1) is 13.8. The van der Waals surface area contributed by atoms with Gasteiger partial charge in [0.05, 0.1) is 11.4 Å². The minimum absolute atomic E-state index is 0.00477. The molecule has 0 unspecified atom stereocenters. The molecule has 4 rings (SSSR count). The maximum Gasteiger partial charge on any atom is 0.278 e. The van der Waals surface area contributed by atoms with E-state index in [2.05, 4.69) is 11.6 Å². The third-order valence-corrected chi connectivity index (χ3v) is 6.55. The molecule has 0 spiro atoms. The van der Waals surface area contributed by atoms with Crippen molar-refractivity contribution in [3.63, 3.8) is 0 Å². The molecule has 0 saturated carbocycles. The molecule has 0 atom stereocenters. The summed E-state index contributed by atoms with van der Waals surface area (Å²) in [4.78, 5) is 17.6. The van der Waals surface area contributed by atoms with Gasteiger partial charge in [0.15, 0.2) is 0 Å². The number of nitrogens with two attached hydrogens (primary N) is 1. The number of hydrogen-bond donors (Lipinski definition) is 1. The monoisotopic (exact) mass is 407 g/mol. The van der Waals surface area contributed by atoms with Crippen molar-refractivity contribution in [1.82, 2.24) is 9.38 Å². The van der Waals surface area contributed by atoms with Gasteiger partial charge in [-0.15, -0.1) is 0 Å². The Kier molecular flexibility index (Phi) is 4.43. The van der Waals surface area contributed by atoms with Crippen LogP contribution < -0.4 is 15.9 Å². The van der Waals surface area contributed by atoms with Crippen LogP contribution in [0.4, 0.5) is 5.82 Å². The van der Waals surface area contributed by atoms with Crippen LogP contribution in [0.1, 0.15) is 5.56 Å². The van der Waals surface area contributed by atoms with E-state index in [0.717, 1.165) is 5.56 Å². The third kappa shape index (κ3) is 2.98. The molecule has 3 heterocycles. The van der Waals surface area contributed by atoms with Gasteiger partial charge in [-0.1, -0.05) is 41.4 Å². The third-order valence-electron chi connectivity index (χ3n) is 4.76. The topological polar surface area (TPSA) is 98.4 Å². The lowest BCUT2D eigenvalue weighted by molar-refractivity contribution is -0.649. The number of nitrogens with zero attached hydrogens (tertiary/aromatic N) is 3. The molecule has 0 aliphatic rings. The number of sulfone groups is 1. The second kappa shape index (κ2) is 6.82. The first kappa shape index (κ1) is 18.8. The number of rotatable bonds is 4. The van der Waals surface area contributed by atoms with Gasteiger partial charge in [-0.3, -0.25) is 9.20 Å². The molecule has 0 saturated heterocycles. The SMILES string of the molecule is C=CC[n+]1c(N)c(S(=O)(=O)c2ccc(C)cc2)cc2c(=O)n3ccccc3nc21. The van der Waals surface area contributed by atoms with E-state index < -0.39 is 9.84 Å². The fourth-order valence-corrected chi connectivity index (χ4v) is 4.66. The number of benzene rings is 1. The van der Waals surface area contributed by atoms with Crippen molar-refractivity contribution in [1.29, 1.82) is 0 Å². The van der Waals surface area contributed by atoms with Gasteiger partial charge in [0.25, 0.3) is 11.2 Å². The van der Waals surface area contributed by atoms with E-state index in [1.54, 1.807) is 42.6 Å². The van der Waals surface area contributed by atoms with E-state index in [9.17, 15) is 13.2 Å². The summed E-state index contributed by atoms with van der Waals surface area (Å²) < 4.78 is 29.5. The summed E-state index contributed by atoms with van der Waals surface area (Å²) in [7, 11) is -3.94. The molecule has 2 N–H and O–H groups in total. The van der Waals surface area contributed by atoms with Crippen LogP contribution in [0.25, 0.3) is 16.7 Å². The molecule has 0 fully saturated rings. The fraction of sp³-hybridized carbons (Fsp3) is 0.0952. The van der Waals surface area contributed by atoms with Crippen molar-refractivity contribution < 1.29 is 13.0 Å². The van der Waals surface area contributed by atoms with Crippen LogP contribution in [-0.2, 0) is 16.4 Å². The second-order valence-corrected chi connectivity index (χ2v) is 8.61. The van der Waals surface area contributed by atoms with Gasteiger partial charge in [-0.25, -0.2) is 13.0 Å². The molecule has 0 aliphatic heterocycles. The summed E-state index contributed by atoms with van der Waals surface area (Å²) >= 11 is 0. The van der Waals surface area contributed by atoms with Gasteiger partial charge < -0.3 is 5.73 Å². The molecular weight excluding hydrogens is 388 g/mol. The number of aromatic nitrogens is 3. The normalized spacial score (nSPS) is 11.8. The predicted molar refractivity (Wildman–Crippen MR) is 110 cm³/mol. The van der Waals surface area contributed by atoms with E-state index >= 15 is 0 Å². The quantitative estimate of drug-likeness (QED) is 0.317. The highest BCUT2D eigenvalue weighted by Gasteiger charge is 2.29. The highest BCUT2D eigenvalue weighted by molar-refractivity contribution is 7.91. The molecule has 0 aliphatic carbocycles. The summed E-state index contributed by atoms with van der Waals surface area (Å²) in [6, 6.07) is 13.0. The minimum Gasteiger partial charge on any atom is -0.317 e. The molecule has 8 heteroatoms. The van der Waals surface area contributed by atoms with Crippen molar-refractivity contribution in [2.24, 2.45) is 0 Å². The predicted octanol–water partition coefficient (Wildman–Crippen LogP) is 2.04. The fourth-order valence-electron chi connectivity index (χ4n) is 3.25. The van der Waals surface area contributed by atoms with Crippen LogP contribution in [0.5, 0.6) is 0 Å². The molecule has 3 aromatic heterocycles. The number of nitrogen functional groups attached to an aromatic ring is 1. The smallest absolute Gasteiger partial charge is 0.278 e. The van der Waals surface area contributed by atoms with Crippen LogP contribution in [0.15, 0.2) is 82.0 Å². The van der Waals surface area contributed by atoms with E-state index in [1.165, 1.54) is 27.2 Å². The Morgan fingerprint density at radius 2 is 1.93 bits per heavy atom. The Morgan fingerprint density at radius 3 is 2.62 bits per heavy atom. The maximum atomic E-state index is 13.3.